The van der Waals surface area contributed by atoms with E-state index < -0.39 is 0 Å². The number of hydrogen-bond donors (Lipinski definition) is 3. The first-order valence-corrected chi connectivity index (χ1v) is 17.2. The van der Waals surface area contributed by atoms with Gasteiger partial charge in [0.2, 0.25) is 5.91 Å². The second-order valence-electron chi connectivity index (χ2n) is 11.9. The van der Waals surface area contributed by atoms with Gasteiger partial charge in [0.05, 0.1) is 55.2 Å². The van der Waals surface area contributed by atoms with Gasteiger partial charge in [0.25, 0.3) is 5.91 Å². The molecule has 2 amide bonds. The maximum absolute atomic E-state index is 13.3. The summed E-state index contributed by atoms with van der Waals surface area (Å²) in [5, 5.41) is 11.6. The molecule has 50 heavy (non-hydrogen) atoms. The summed E-state index contributed by atoms with van der Waals surface area (Å²) >= 11 is 1.34. The maximum atomic E-state index is 13.3. The van der Waals surface area contributed by atoms with Gasteiger partial charge in [-0.2, -0.15) is 0 Å². The third-order valence-corrected chi connectivity index (χ3v) is 9.25. The Bertz CT molecular complexity index is 2010. The molecule has 0 atom stereocenters. The van der Waals surface area contributed by atoms with Crippen LogP contribution in [0.3, 0.4) is 0 Å². The number of aromatic nitrogens is 1. The minimum Gasteiger partial charge on any atom is -0.493 e. The highest BCUT2D eigenvalue weighted by atomic mass is 32.1. The molecule has 2 aliphatic heterocycles. The van der Waals surface area contributed by atoms with Crippen molar-refractivity contribution in [2.75, 3.05) is 60.9 Å². The van der Waals surface area contributed by atoms with Crippen LogP contribution in [0.2, 0.25) is 0 Å². The molecule has 0 spiro atoms. The molecule has 3 heterocycles. The lowest BCUT2D eigenvalue weighted by Crippen LogP contribution is -2.36. The number of carbonyl (C=O) groups is 2. The molecule has 2 aliphatic rings. The molecule has 0 unspecified atom stereocenters. The molecular weight excluding hydrogens is 655 g/mol. The van der Waals surface area contributed by atoms with Crippen molar-refractivity contribution in [1.29, 1.82) is 0 Å². The fourth-order valence-corrected chi connectivity index (χ4v) is 6.62. The standard InChI is InChI=1S/C38H37N5O6S/c1-24(44)39-38-40-28(23-50-38)22-49-35-12-5-27(21-36(35)46-2)26-4-10-31-33(20-26)41-32-11-3-25(19-34(32)42-37(31)45)13-16-48-30-8-6-29(7-9-30)43-14-17-47-18-15-43/h3-12,19-21,23,41H,13-18,22H2,1-2H3,(H,42,45)(H,39,40,44). The van der Waals surface area contributed by atoms with Gasteiger partial charge < -0.3 is 39.8 Å². The van der Waals surface area contributed by atoms with E-state index in [0.29, 0.717) is 52.3 Å². The van der Waals surface area contributed by atoms with Crippen molar-refractivity contribution in [2.45, 2.75) is 20.0 Å². The van der Waals surface area contributed by atoms with Gasteiger partial charge in [-0.15, -0.1) is 11.3 Å². The Morgan fingerprint density at radius 1 is 0.900 bits per heavy atom. The van der Waals surface area contributed by atoms with Crippen molar-refractivity contribution in [3.05, 3.63) is 101 Å². The predicted molar refractivity (Wildman–Crippen MR) is 196 cm³/mol. The van der Waals surface area contributed by atoms with E-state index in [1.54, 1.807) is 7.11 Å². The van der Waals surface area contributed by atoms with Crippen LogP contribution in [0.15, 0.2) is 84.2 Å². The van der Waals surface area contributed by atoms with Gasteiger partial charge in [0.15, 0.2) is 16.6 Å². The molecule has 12 heteroatoms. The lowest BCUT2D eigenvalue weighted by Gasteiger charge is -2.28. The number of benzene rings is 4. The molecule has 7 rings (SSSR count). The summed E-state index contributed by atoms with van der Waals surface area (Å²) in [6, 6.07) is 25.6. The van der Waals surface area contributed by atoms with Gasteiger partial charge in [0.1, 0.15) is 12.4 Å². The molecule has 1 saturated heterocycles. The monoisotopic (exact) mass is 691 g/mol. The fraction of sp³-hybridized carbons (Fsp3) is 0.237. The molecular formula is C38H37N5O6S. The van der Waals surface area contributed by atoms with Crippen LogP contribution >= 0.6 is 11.3 Å². The van der Waals surface area contributed by atoms with Crippen LogP contribution in [0.1, 0.15) is 28.5 Å². The van der Waals surface area contributed by atoms with Crippen LogP contribution in [0.4, 0.5) is 27.9 Å². The number of nitrogens with one attached hydrogen (secondary N) is 3. The van der Waals surface area contributed by atoms with E-state index in [0.717, 1.165) is 54.4 Å². The van der Waals surface area contributed by atoms with Crippen molar-refractivity contribution in [1.82, 2.24) is 4.98 Å². The SMILES string of the molecule is COc1cc(-c2ccc3c(c2)Nc2ccc(CCOc4ccc(N5CCOCC5)cc4)cc2NC3=O)ccc1OCc1csc(NC(C)=O)n1. The van der Waals surface area contributed by atoms with Crippen LogP contribution in [-0.2, 0) is 22.6 Å². The van der Waals surface area contributed by atoms with Gasteiger partial charge >= 0.3 is 0 Å². The van der Waals surface area contributed by atoms with Crippen LogP contribution in [0.5, 0.6) is 17.2 Å². The molecule has 3 N–H and O–H groups in total. The number of methoxy groups -OCH3 is 1. The van der Waals surface area contributed by atoms with Crippen molar-refractivity contribution in [3.63, 3.8) is 0 Å². The Morgan fingerprint density at radius 3 is 2.50 bits per heavy atom. The molecule has 5 aromatic rings. The largest absolute Gasteiger partial charge is 0.493 e. The van der Waals surface area contributed by atoms with Crippen molar-refractivity contribution in [3.8, 4) is 28.4 Å². The zero-order valence-electron chi connectivity index (χ0n) is 27.8. The zero-order chi connectivity index (χ0) is 34.5. The smallest absolute Gasteiger partial charge is 0.257 e. The van der Waals surface area contributed by atoms with Gasteiger partial charge in [-0.05, 0) is 77.4 Å². The quantitative estimate of drug-likeness (QED) is 0.133. The third-order valence-electron chi connectivity index (χ3n) is 8.45. The average Bonchev–Trinajstić information content (AvgIpc) is 3.52. The van der Waals surface area contributed by atoms with Crippen LogP contribution in [-0.4, -0.2) is 56.8 Å². The first-order chi connectivity index (χ1) is 24.4. The number of anilines is 5. The Labute approximate surface area is 294 Å². The molecule has 11 nitrogen and oxygen atoms in total. The summed E-state index contributed by atoms with van der Waals surface area (Å²) in [6.07, 6.45) is 0.689. The van der Waals surface area contributed by atoms with Crippen LogP contribution in [0.25, 0.3) is 11.1 Å². The van der Waals surface area contributed by atoms with E-state index >= 15 is 0 Å². The fourth-order valence-electron chi connectivity index (χ4n) is 5.88. The number of ether oxygens (including phenoxy) is 4. The highest BCUT2D eigenvalue weighted by Gasteiger charge is 2.21. The van der Waals surface area contributed by atoms with Crippen LogP contribution < -0.4 is 35.1 Å². The first kappa shape index (κ1) is 32.9. The molecule has 1 fully saturated rings. The Hall–Kier alpha value is -5.59. The summed E-state index contributed by atoms with van der Waals surface area (Å²) in [5.41, 5.74) is 7.51. The summed E-state index contributed by atoms with van der Waals surface area (Å²) in [4.78, 5) is 31.3. The number of morpholine rings is 1. The highest BCUT2D eigenvalue weighted by Crippen LogP contribution is 2.38. The van der Waals surface area contributed by atoms with Gasteiger partial charge in [-0.3, -0.25) is 9.59 Å². The molecule has 0 bridgehead atoms. The summed E-state index contributed by atoms with van der Waals surface area (Å²) in [6.45, 7) is 5.49. The van der Waals surface area contributed by atoms with Crippen molar-refractivity contribution in [2.24, 2.45) is 0 Å². The zero-order valence-corrected chi connectivity index (χ0v) is 28.6. The van der Waals surface area contributed by atoms with E-state index in [1.165, 1.54) is 23.9 Å². The second-order valence-corrected chi connectivity index (χ2v) is 12.7. The van der Waals surface area contributed by atoms with Gasteiger partial charge in [0, 0.05) is 37.5 Å². The number of carbonyl (C=O) groups excluding carboxylic acids is 2. The minimum atomic E-state index is -0.184. The number of nitrogens with zero attached hydrogens (tertiary/aromatic N) is 2. The molecule has 256 valence electrons. The van der Waals surface area contributed by atoms with E-state index in [-0.39, 0.29) is 18.4 Å². The van der Waals surface area contributed by atoms with Crippen molar-refractivity contribution >= 4 is 51.0 Å². The highest BCUT2D eigenvalue weighted by molar-refractivity contribution is 7.13. The Kier molecular flexibility index (Phi) is 9.81. The number of fused-ring (bicyclic) bond motifs is 2. The number of thiazole rings is 1. The average molecular weight is 692 g/mol. The summed E-state index contributed by atoms with van der Waals surface area (Å²) in [5.74, 6) is 1.60. The van der Waals surface area contributed by atoms with Gasteiger partial charge in [-0.1, -0.05) is 18.2 Å². The second kappa shape index (κ2) is 14.9. The summed E-state index contributed by atoms with van der Waals surface area (Å²) < 4.78 is 23.1. The molecule has 1 aromatic heterocycles. The van der Waals surface area contributed by atoms with E-state index in [1.807, 2.05) is 72.1 Å². The summed E-state index contributed by atoms with van der Waals surface area (Å²) in [7, 11) is 1.59. The van der Waals surface area contributed by atoms with E-state index in [9.17, 15) is 9.59 Å². The topological polar surface area (TPSA) is 123 Å². The molecule has 0 saturated carbocycles. The first-order valence-electron chi connectivity index (χ1n) is 16.4. The number of rotatable bonds is 11. The molecule has 0 aliphatic carbocycles. The lowest BCUT2D eigenvalue weighted by atomic mass is 10.0. The lowest BCUT2D eigenvalue weighted by molar-refractivity contribution is -0.114. The Morgan fingerprint density at radius 2 is 1.70 bits per heavy atom. The maximum Gasteiger partial charge on any atom is 0.257 e. The van der Waals surface area contributed by atoms with E-state index in [4.69, 9.17) is 18.9 Å². The van der Waals surface area contributed by atoms with Gasteiger partial charge in [-0.25, -0.2) is 4.98 Å². The number of amides is 2. The predicted octanol–water partition coefficient (Wildman–Crippen LogP) is 7.12. The van der Waals surface area contributed by atoms with E-state index in [2.05, 4.69) is 38.0 Å². The number of hydrogen-bond acceptors (Lipinski definition) is 10. The van der Waals surface area contributed by atoms with Crippen molar-refractivity contribution < 1.29 is 28.5 Å². The molecule has 4 aromatic carbocycles. The Balaban J connectivity index is 0.995. The minimum absolute atomic E-state index is 0.171. The third kappa shape index (κ3) is 7.66. The normalized spacial score (nSPS) is 13.6. The van der Waals surface area contributed by atoms with Crippen LogP contribution in [0, 0.1) is 0 Å². The molecule has 0 radical (unpaired) electrons.